The SMILES string of the molecule is CC1=NN(C(=O)c2ccc(Cl)cc2Cl)C(O)(C(F)F)C1. The number of carbonyl (C=O) groups is 1. The lowest BCUT2D eigenvalue weighted by atomic mass is 10.1. The fourth-order valence-electron chi connectivity index (χ4n) is 1.91. The molecule has 0 radical (unpaired) electrons. The van der Waals surface area contributed by atoms with E-state index < -0.39 is 24.5 Å². The van der Waals surface area contributed by atoms with Gasteiger partial charge in [0.25, 0.3) is 12.3 Å². The van der Waals surface area contributed by atoms with Crippen molar-refractivity contribution in [2.45, 2.75) is 25.5 Å². The Balaban J connectivity index is 2.41. The van der Waals surface area contributed by atoms with Crippen LogP contribution in [-0.4, -0.2) is 33.9 Å². The minimum Gasteiger partial charge on any atom is -0.364 e. The van der Waals surface area contributed by atoms with Crippen molar-refractivity contribution in [2.24, 2.45) is 5.10 Å². The molecule has 108 valence electrons. The van der Waals surface area contributed by atoms with Gasteiger partial charge in [0, 0.05) is 17.2 Å². The Bertz CT molecular complexity index is 595. The highest BCUT2D eigenvalue weighted by atomic mass is 35.5. The zero-order valence-corrected chi connectivity index (χ0v) is 11.8. The van der Waals surface area contributed by atoms with Gasteiger partial charge in [0.1, 0.15) is 0 Å². The summed E-state index contributed by atoms with van der Waals surface area (Å²) in [5.74, 6) is -0.911. The van der Waals surface area contributed by atoms with Crippen LogP contribution in [0.15, 0.2) is 23.3 Å². The average molecular weight is 323 g/mol. The maximum Gasteiger partial charge on any atom is 0.287 e. The summed E-state index contributed by atoms with van der Waals surface area (Å²) in [6.07, 6.45) is -3.57. The third-order valence-corrected chi connectivity index (χ3v) is 3.40. The topological polar surface area (TPSA) is 52.9 Å². The summed E-state index contributed by atoms with van der Waals surface area (Å²) in [5.41, 5.74) is -2.48. The summed E-state index contributed by atoms with van der Waals surface area (Å²) < 4.78 is 26.0. The van der Waals surface area contributed by atoms with E-state index in [0.29, 0.717) is 10.0 Å². The van der Waals surface area contributed by atoms with Crippen LogP contribution in [0.3, 0.4) is 0 Å². The van der Waals surface area contributed by atoms with E-state index in [1.54, 1.807) is 0 Å². The molecule has 0 bridgehead atoms. The standard InChI is InChI=1S/C12H10Cl2F2N2O2/c1-6-5-12(20,11(15)16)18(17-6)10(19)8-3-2-7(13)4-9(8)14/h2-4,11,20H,5H2,1H3. The summed E-state index contributed by atoms with van der Waals surface area (Å²) in [6, 6.07) is 4.00. The second-order valence-electron chi connectivity index (χ2n) is 4.43. The smallest absolute Gasteiger partial charge is 0.287 e. The Kier molecular flexibility index (Phi) is 4.00. The van der Waals surface area contributed by atoms with Gasteiger partial charge >= 0.3 is 0 Å². The molecule has 0 saturated heterocycles. The molecular weight excluding hydrogens is 313 g/mol. The maximum atomic E-state index is 13.0. The average Bonchev–Trinajstić information content (AvgIpc) is 2.65. The number of hydrogen-bond donors (Lipinski definition) is 1. The van der Waals surface area contributed by atoms with Crippen molar-refractivity contribution in [3.63, 3.8) is 0 Å². The van der Waals surface area contributed by atoms with E-state index in [0.717, 1.165) is 0 Å². The molecule has 0 aliphatic carbocycles. The van der Waals surface area contributed by atoms with E-state index in [4.69, 9.17) is 23.2 Å². The van der Waals surface area contributed by atoms with E-state index in [1.807, 2.05) is 0 Å². The minimum atomic E-state index is -3.15. The minimum absolute atomic E-state index is 0.00105. The Labute approximate surface area is 123 Å². The number of aliphatic hydroxyl groups is 1. The molecule has 0 saturated carbocycles. The van der Waals surface area contributed by atoms with Crippen molar-refractivity contribution in [2.75, 3.05) is 0 Å². The summed E-state index contributed by atoms with van der Waals surface area (Å²) >= 11 is 11.6. The Morgan fingerprint density at radius 1 is 1.50 bits per heavy atom. The Morgan fingerprint density at radius 3 is 2.70 bits per heavy atom. The zero-order valence-electron chi connectivity index (χ0n) is 10.3. The predicted octanol–water partition coefficient (Wildman–Crippen LogP) is 3.17. The first-order valence-corrected chi connectivity index (χ1v) is 6.35. The van der Waals surface area contributed by atoms with E-state index in [-0.39, 0.29) is 16.3 Å². The number of halogens is 4. The molecule has 1 amide bonds. The molecule has 1 N–H and O–H groups in total. The van der Waals surface area contributed by atoms with Crippen LogP contribution >= 0.6 is 23.2 Å². The van der Waals surface area contributed by atoms with E-state index in [2.05, 4.69) is 5.10 Å². The van der Waals surface area contributed by atoms with Crippen molar-refractivity contribution in [3.8, 4) is 0 Å². The number of nitrogens with zero attached hydrogens (tertiary/aromatic N) is 2. The van der Waals surface area contributed by atoms with Crippen LogP contribution in [0.5, 0.6) is 0 Å². The number of amides is 1. The van der Waals surface area contributed by atoms with Crippen molar-refractivity contribution in [1.29, 1.82) is 0 Å². The molecule has 1 aliphatic heterocycles. The molecule has 1 atom stereocenters. The lowest BCUT2D eigenvalue weighted by Crippen LogP contribution is -2.51. The highest BCUT2D eigenvalue weighted by molar-refractivity contribution is 6.36. The number of hydrogen-bond acceptors (Lipinski definition) is 3. The normalized spacial score (nSPS) is 22.4. The fourth-order valence-corrected chi connectivity index (χ4v) is 2.40. The molecule has 1 aromatic carbocycles. The summed E-state index contributed by atoms with van der Waals surface area (Å²) in [7, 11) is 0. The van der Waals surface area contributed by atoms with Crippen LogP contribution in [0.25, 0.3) is 0 Å². The largest absolute Gasteiger partial charge is 0.364 e. The van der Waals surface area contributed by atoms with Gasteiger partial charge in [-0.2, -0.15) is 10.1 Å². The van der Waals surface area contributed by atoms with Gasteiger partial charge in [-0.05, 0) is 25.1 Å². The van der Waals surface area contributed by atoms with Crippen LogP contribution in [0.4, 0.5) is 8.78 Å². The van der Waals surface area contributed by atoms with Gasteiger partial charge < -0.3 is 5.11 Å². The summed E-state index contributed by atoms with van der Waals surface area (Å²) in [4.78, 5) is 12.2. The van der Waals surface area contributed by atoms with Crippen LogP contribution in [0, 0.1) is 0 Å². The second-order valence-corrected chi connectivity index (χ2v) is 5.28. The fraction of sp³-hybridized carbons (Fsp3) is 0.333. The highest BCUT2D eigenvalue weighted by Gasteiger charge is 2.51. The van der Waals surface area contributed by atoms with E-state index in [1.165, 1.54) is 25.1 Å². The van der Waals surface area contributed by atoms with Crippen LogP contribution in [0.1, 0.15) is 23.7 Å². The van der Waals surface area contributed by atoms with Gasteiger partial charge in [-0.25, -0.2) is 8.78 Å². The van der Waals surface area contributed by atoms with Gasteiger partial charge in [-0.3, -0.25) is 4.79 Å². The molecule has 0 aromatic heterocycles. The number of benzene rings is 1. The lowest BCUT2D eigenvalue weighted by molar-refractivity contribution is -0.164. The van der Waals surface area contributed by atoms with Gasteiger partial charge in [0.2, 0.25) is 5.72 Å². The van der Waals surface area contributed by atoms with Crippen LogP contribution < -0.4 is 0 Å². The van der Waals surface area contributed by atoms with Gasteiger partial charge in [-0.1, -0.05) is 23.2 Å². The number of carbonyl (C=O) groups excluding carboxylic acids is 1. The van der Waals surface area contributed by atoms with Crippen LogP contribution in [-0.2, 0) is 0 Å². The maximum absolute atomic E-state index is 13.0. The molecule has 1 unspecified atom stereocenters. The molecule has 0 spiro atoms. The predicted molar refractivity (Wildman–Crippen MR) is 71.3 cm³/mol. The first-order valence-electron chi connectivity index (χ1n) is 5.60. The van der Waals surface area contributed by atoms with Crippen molar-refractivity contribution in [3.05, 3.63) is 33.8 Å². The summed E-state index contributed by atoms with van der Waals surface area (Å²) in [5, 5.41) is 14.3. The van der Waals surface area contributed by atoms with Crippen molar-refractivity contribution < 1.29 is 18.7 Å². The number of hydrazone groups is 1. The Hall–Kier alpha value is -1.24. The Morgan fingerprint density at radius 2 is 2.15 bits per heavy atom. The molecule has 8 heteroatoms. The van der Waals surface area contributed by atoms with Gasteiger partial charge in [0.15, 0.2) is 0 Å². The number of rotatable bonds is 2. The molecule has 1 heterocycles. The molecule has 20 heavy (non-hydrogen) atoms. The highest BCUT2D eigenvalue weighted by Crippen LogP contribution is 2.34. The molecule has 1 aliphatic rings. The van der Waals surface area contributed by atoms with E-state index >= 15 is 0 Å². The third kappa shape index (κ3) is 2.51. The molecule has 4 nitrogen and oxygen atoms in total. The zero-order chi connectivity index (χ0) is 15.1. The van der Waals surface area contributed by atoms with Crippen molar-refractivity contribution >= 4 is 34.8 Å². The molecule has 2 rings (SSSR count). The van der Waals surface area contributed by atoms with Gasteiger partial charge in [0.05, 0.1) is 10.6 Å². The second kappa shape index (κ2) is 5.27. The first-order chi connectivity index (χ1) is 9.25. The van der Waals surface area contributed by atoms with Crippen molar-refractivity contribution in [1.82, 2.24) is 5.01 Å². The number of alkyl halides is 2. The quantitative estimate of drug-likeness (QED) is 0.909. The third-order valence-electron chi connectivity index (χ3n) is 2.86. The van der Waals surface area contributed by atoms with E-state index in [9.17, 15) is 18.7 Å². The van der Waals surface area contributed by atoms with Crippen LogP contribution in [0.2, 0.25) is 10.0 Å². The molecule has 0 fully saturated rings. The lowest BCUT2D eigenvalue weighted by Gasteiger charge is -2.30. The first kappa shape index (κ1) is 15.2. The monoisotopic (exact) mass is 322 g/mol. The molecular formula is C12H10Cl2F2N2O2. The molecule has 1 aromatic rings. The van der Waals surface area contributed by atoms with Gasteiger partial charge in [-0.15, -0.1) is 0 Å². The summed E-state index contributed by atoms with van der Waals surface area (Å²) in [6.45, 7) is 1.45.